The number of fused-ring (bicyclic) bond motifs is 1. The molecule has 2 rings (SSSR count). The smallest absolute Gasteiger partial charge is 0.321 e. The third-order valence-electron chi connectivity index (χ3n) is 3.58. The normalized spacial score (nSPS) is 13.3. The van der Waals surface area contributed by atoms with Crippen LogP contribution in [0.25, 0.3) is 0 Å². The summed E-state index contributed by atoms with van der Waals surface area (Å²) in [4.78, 5) is 24.9. The maximum Gasteiger partial charge on any atom is 0.321 e. The minimum absolute atomic E-state index is 0.269. The van der Waals surface area contributed by atoms with Crippen LogP contribution in [-0.4, -0.2) is 39.2 Å². The Morgan fingerprint density at radius 2 is 2.19 bits per heavy atom. The van der Waals surface area contributed by atoms with Gasteiger partial charge >= 0.3 is 6.03 Å². The number of urea groups is 1. The van der Waals surface area contributed by atoms with Crippen molar-refractivity contribution in [2.75, 3.05) is 32.1 Å². The average molecular weight is 291 g/mol. The molecule has 6 nitrogen and oxygen atoms in total. The highest BCUT2D eigenvalue weighted by molar-refractivity contribution is 5.94. The van der Waals surface area contributed by atoms with Gasteiger partial charge in [-0.25, -0.2) is 4.79 Å². The van der Waals surface area contributed by atoms with Gasteiger partial charge in [0.05, 0.1) is 12.8 Å². The fraction of sp³-hybridized carbons (Fsp3) is 0.467. The number of methoxy groups -OCH3 is 1. The Hall–Kier alpha value is -2.24. The first-order valence-corrected chi connectivity index (χ1v) is 7.08. The maximum absolute atomic E-state index is 11.7. The van der Waals surface area contributed by atoms with Crippen molar-refractivity contribution in [3.05, 3.63) is 23.8 Å². The minimum Gasteiger partial charge on any atom is -0.495 e. The van der Waals surface area contributed by atoms with Crippen molar-refractivity contribution in [2.24, 2.45) is 0 Å². The summed E-state index contributed by atoms with van der Waals surface area (Å²) in [7, 11) is 3.13. The molecule has 0 saturated heterocycles. The second kappa shape index (κ2) is 6.97. The lowest BCUT2D eigenvalue weighted by atomic mass is 10.0. The van der Waals surface area contributed by atoms with Crippen molar-refractivity contribution >= 4 is 17.6 Å². The molecule has 0 spiro atoms. The van der Waals surface area contributed by atoms with Crippen LogP contribution in [0, 0.1) is 0 Å². The molecule has 1 aliphatic heterocycles. The number of aryl methyl sites for hydroxylation is 1. The molecule has 0 aliphatic carbocycles. The van der Waals surface area contributed by atoms with E-state index in [4.69, 9.17) is 4.74 Å². The summed E-state index contributed by atoms with van der Waals surface area (Å²) in [5, 5.41) is 4.64. The molecule has 0 saturated carbocycles. The molecule has 3 amide bonds. The molecular formula is C15H21N3O3. The number of ether oxygens (including phenoxy) is 1. The number of carbonyl (C=O) groups is 2. The standard InChI is InChI=1S/C15H21N3O3/c1-16-15(20)17-13(19)8-10-18-9-4-6-11-5-3-7-12(21-2)14(11)18/h3,5,7H,4,6,8-10H2,1-2H3,(H2,16,17,19,20). The third kappa shape index (κ3) is 3.65. The van der Waals surface area contributed by atoms with Crippen molar-refractivity contribution in [1.82, 2.24) is 10.6 Å². The number of imide groups is 1. The molecule has 0 radical (unpaired) electrons. The minimum atomic E-state index is -0.475. The van der Waals surface area contributed by atoms with E-state index in [9.17, 15) is 9.59 Å². The van der Waals surface area contributed by atoms with E-state index >= 15 is 0 Å². The monoisotopic (exact) mass is 291 g/mol. The second-order valence-corrected chi connectivity index (χ2v) is 4.94. The second-order valence-electron chi connectivity index (χ2n) is 4.94. The highest BCUT2D eigenvalue weighted by atomic mass is 16.5. The van der Waals surface area contributed by atoms with Gasteiger partial charge in [-0.2, -0.15) is 0 Å². The molecule has 0 fully saturated rings. The van der Waals surface area contributed by atoms with Crippen LogP contribution < -0.4 is 20.3 Å². The van der Waals surface area contributed by atoms with Gasteiger partial charge in [0.2, 0.25) is 5.91 Å². The van der Waals surface area contributed by atoms with Crippen LogP contribution in [-0.2, 0) is 11.2 Å². The number of hydrogen-bond donors (Lipinski definition) is 2. The number of hydrogen-bond acceptors (Lipinski definition) is 4. The van der Waals surface area contributed by atoms with Crippen LogP contribution in [0.15, 0.2) is 18.2 Å². The van der Waals surface area contributed by atoms with E-state index in [1.54, 1.807) is 7.11 Å². The number of nitrogens with zero attached hydrogens (tertiary/aromatic N) is 1. The van der Waals surface area contributed by atoms with Gasteiger partial charge in [0, 0.05) is 26.6 Å². The summed E-state index contributed by atoms with van der Waals surface area (Å²) in [6.45, 7) is 1.46. The van der Waals surface area contributed by atoms with Crippen molar-refractivity contribution in [1.29, 1.82) is 0 Å². The van der Waals surface area contributed by atoms with E-state index in [0.717, 1.165) is 30.8 Å². The van der Waals surface area contributed by atoms with E-state index in [-0.39, 0.29) is 12.3 Å². The molecule has 1 aromatic rings. The fourth-order valence-corrected chi connectivity index (χ4v) is 2.58. The van der Waals surface area contributed by atoms with Gasteiger partial charge in [-0.1, -0.05) is 12.1 Å². The Labute approximate surface area is 124 Å². The first-order valence-electron chi connectivity index (χ1n) is 7.08. The van der Waals surface area contributed by atoms with Crippen LogP contribution in [0.4, 0.5) is 10.5 Å². The van der Waals surface area contributed by atoms with Crippen molar-refractivity contribution in [3.8, 4) is 5.75 Å². The number of rotatable bonds is 4. The zero-order valence-electron chi connectivity index (χ0n) is 12.4. The number of amides is 3. The summed E-state index contributed by atoms with van der Waals surface area (Å²) >= 11 is 0. The Morgan fingerprint density at radius 3 is 2.90 bits per heavy atom. The molecule has 1 aliphatic rings. The molecule has 21 heavy (non-hydrogen) atoms. The number of anilines is 1. The van der Waals surface area contributed by atoms with Gasteiger partial charge < -0.3 is 15.0 Å². The number of benzene rings is 1. The predicted molar refractivity (Wildman–Crippen MR) is 80.7 cm³/mol. The SMILES string of the molecule is CNC(=O)NC(=O)CCN1CCCc2cccc(OC)c21. The highest BCUT2D eigenvalue weighted by Gasteiger charge is 2.21. The lowest BCUT2D eigenvalue weighted by Crippen LogP contribution is -2.40. The maximum atomic E-state index is 11.7. The van der Waals surface area contributed by atoms with Crippen LogP contribution in [0.5, 0.6) is 5.75 Å². The van der Waals surface area contributed by atoms with Gasteiger partial charge in [-0.15, -0.1) is 0 Å². The lowest BCUT2D eigenvalue weighted by Gasteiger charge is -2.32. The zero-order chi connectivity index (χ0) is 15.2. The molecule has 114 valence electrons. The fourth-order valence-electron chi connectivity index (χ4n) is 2.58. The van der Waals surface area contributed by atoms with E-state index in [1.807, 2.05) is 12.1 Å². The lowest BCUT2D eigenvalue weighted by molar-refractivity contribution is -0.119. The molecule has 1 heterocycles. The summed E-state index contributed by atoms with van der Waals surface area (Å²) in [5.41, 5.74) is 2.31. The van der Waals surface area contributed by atoms with Crippen LogP contribution in [0.2, 0.25) is 0 Å². The summed E-state index contributed by atoms with van der Waals surface area (Å²) < 4.78 is 5.43. The van der Waals surface area contributed by atoms with Gasteiger partial charge in [0.25, 0.3) is 0 Å². The topological polar surface area (TPSA) is 70.7 Å². The van der Waals surface area contributed by atoms with Gasteiger partial charge in [-0.05, 0) is 24.5 Å². The summed E-state index contributed by atoms with van der Waals surface area (Å²) in [5.74, 6) is 0.551. The summed E-state index contributed by atoms with van der Waals surface area (Å²) in [6.07, 6.45) is 2.34. The van der Waals surface area contributed by atoms with Gasteiger partial charge in [0.1, 0.15) is 5.75 Å². The zero-order valence-corrected chi connectivity index (χ0v) is 12.4. The average Bonchev–Trinajstić information content (AvgIpc) is 2.51. The molecule has 0 bridgehead atoms. The number of carbonyl (C=O) groups excluding carboxylic acids is 2. The molecule has 6 heteroatoms. The van der Waals surface area contributed by atoms with E-state index in [1.165, 1.54) is 12.6 Å². The predicted octanol–water partition coefficient (Wildman–Crippen LogP) is 1.29. The molecule has 0 atom stereocenters. The first kappa shape index (κ1) is 15.2. The first-order chi connectivity index (χ1) is 10.2. The van der Waals surface area contributed by atoms with Crippen molar-refractivity contribution in [3.63, 3.8) is 0 Å². The van der Waals surface area contributed by atoms with Gasteiger partial charge in [-0.3, -0.25) is 10.1 Å². The Morgan fingerprint density at radius 1 is 1.38 bits per heavy atom. The van der Waals surface area contributed by atoms with E-state index < -0.39 is 6.03 Å². The van der Waals surface area contributed by atoms with E-state index in [0.29, 0.717) is 6.54 Å². The number of para-hydroxylation sites is 1. The summed E-state index contributed by atoms with van der Waals surface area (Å²) in [6, 6.07) is 5.53. The number of nitrogens with one attached hydrogen (secondary N) is 2. The third-order valence-corrected chi connectivity index (χ3v) is 3.58. The Kier molecular flexibility index (Phi) is 5.03. The quantitative estimate of drug-likeness (QED) is 0.877. The van der Waals surface area contributed by atoms with Gasteiger partial charge in [0.15, 0.2) is 0 Å². The van der Waals surface area contributed by atoms with Crippen molar-refractivity contribution in [2.45, 2.75) is 19.3 Å². The van der Waals surface area contributed by atoms with Crippen LogP contribution in [0.1, 0.15) is 18.4 Å². The highest BCUT2D eigenvalue weighted by Crippen LogP contribution is 2.35. The largest absolute Gasteiger partial charge is 0.495 e. The molecule has 2 N–H and O–H groups in total. The molecular weight excluding hydrogens is 270 g/mol. The Balaban J connectivity index is 2.03. The molecule has 0 unspecified atom stereocenters. The molecule has 1 aromatic carbocycles. The van der Waals surface area contributed by atoms with Crippen LogP contribution in [0.3, 0.4) is 0 Å². The van der Waals surface area contributed by atoms with Crippen LogP contribution >= 0.6 is 0 Å². The van der Waals surface area contributed by atoms with E-state index in [2.05, 4.69) is 21.6 Å². The Bertz CT molecular complexity index is 517. The van der Waals surface area contributed by atoms with Crippen molar-refractivity contribution < 1.29 is 14.3 Å². The molecule has 0 aromatic heterocycles.